The number of piperazine rings is 1. The van der Waals surface area contributed by atoms with Gasteiger partial charge >= 0.3 is 0 Å². The molecule has 0 bridgehead atoms. The molecule has 36 heavy (non-hydrogen) atoms. The lowest BCUT2D eigenvalue weighted by molar-refractivity contribution is 0.132. The molecule has 0 amide bonds. The molecule has 0 spiro atoms. The number of pyridine rings is 1. The third-order valence-corrected chi connectivity index (χ3v) is 6.80. The molecule has 0 unspecified atom stereocenters. The van der Waals surface area contributed by atoms with Crippen LogP contribution in [0.25, 0.3) is 22.3 Å². The van der Waals surface area contributed by atoms with Gasteiger partial charge in [-0.15, -0.1) is 0 Å². The first-order chi connectivity index (χ1) is 17.4. The van der Waals surface area contributed by atoms with Crippen molar-refractivity contribution in [3.05, 3.63) is 60.1 Å². The maximum Gasteiger partial charge on any atom is 0.151 e. The zero-order valence-corrected chi connectivity index (χ0v) is 21.4. The van der Waals surface area contributed by atoms with Crippen LogP contribution in [0, 0.1) is 12.7 Å². The molecule has 9 heteroatoms. The Morgan fingerprint density at radius 1 is 0.972 bits per heavy atom. The highest BCUT2D eigenvalue weighted by molar-refractivity contribution is 5.83. The SMILES string of the molecule is CCN1CCN(Cc2ccc(Nc3cc(-c4cc(F)c5nc(C)n(C(C)C)c5c4)ncn3)nc2)CC1. The summed E-state index contributed by atoms with van der Waals surface area (Å²) in [5, 5.41) is 3.25. The Morgan fingerprint density at radius 2 is 1.75 bits per heavy atom. The number of nitrogens with zero attached hydrogens (tertiary/aromatic N) is 7. The molecule has 1 N–H and O–H groups in total. The van der Waals surface area contributed by atoms with Gasteiger partial charge in [0, 0.05) is 56.6 Å². The van der Waals surface area contributed by atoms with E-state index in [0.717, 1.165) is 50.6 Å². The Kier molecular flexibility index (Phi) is 6.93. The van der Waals surface area contributed by atoms with Gasteiger partial charge < -0.3 is 14.8 Å². The van der Waals surface area contributed by atoms with E-state index in [1.807, 2.05) is 35.9 Å². The number of anilines is 2. The largest absolute Gasteiger partial charge is 0.326 e. The van der Waals surface area contributed by atoms with Crippen molar-refractivity contribution in [3.63, 3.8) is 0 Å². The van der Waals surface area contributed by atoms with Gasteiger partial charge in [0.15, 0.2) is 5.82 Å². The monoisotopic (exact) mass is 488 g/mol. The van der Waals surface area contributed by atoms with Crippen molar-refractivity contribution in [2.45, 2.75) is 40.3 Å². The average molecular weight is 489 g/mol. The van der Waals surface area contributed by atoms with Gasteiger partial charge in [-0.3, -0.25) is 4.90 Å². The number of aromatic nitrogens is 5. The molecule has 1 aliphatic heterocycles. The van der Waals surface area contributed by atoms with E-state index in [-0.39, 0.29) is 11.9 Å². The minimum absolute atomic E-state index is 0.169. The molecule has 0 radical (unpaired) electrons. The second-order valence-corrected chi connectivity index (χ2v) is 9.62. The molecule has 8 nitrogen and oxygen atoms in total. The lowest BCUT2D eigenvalue weighted by Crippen LogP contribution is -2.45. The quantitative estimate of drug-likeness (QED) is 0.401. The van der Waals surface area contributed by atoms with Crippen molar-refractivity contribution in [2.75, 3.05) is 38.0 Å². The van der Waals surface area contributed by atoms with Crippen LogP contribution in [0.1, 0.15) is 38.2 Å². The number of likely N-dealkylation sites (N-methyl/N-ethyl adjacent to an activating group) is 1. The summed E-state index contributed by atoms with van der Waals surface area (Å²) in [5.74, 6) is 1.74. The number of halogens is 1. The molecular formula is C27H33FN8. The first-order valence-corrected chi connectivity index (χ1v) is 12.6. The molecule has 1 saturated heterocycles. The van der Waals surface area contributed by atoms with Crippen LogP contribution in [0.4, 0.5) is 16.0 Å². The summed E-state index contributed by atoms with van der Waals surface area (Å²) in [4.78, 5) is 22.7. The lowest BCUT2D eigenvalue weighted by atomic mass is 10.1. The van der Waals surface area contributed by atoms with Crippen molar-refractivity contribution in [1.82, 2.24) is 34.3 Å². The van der Waals surface area contributed by atoms with E-state index in [1.165, 1.54) is 18.0 Å². The molecule has 3 aromatic heterocycles. The van der Waals surface area contributed by atoms with Crippen molar-refractivity contribution >= 4 is 22.7 Å². The van der Waals surface area contributed by atoms with Gasteiger partial charge in [-0.1, -0.05) is 13.0 Å². The Morgan fingerprint density at radius 3 is 2.44 bits per heavy atom. The molecule has 188 valence electrons. The fourth-order valence-corrected chi connectivity index (χ4v) is 4.90. The smallest absolute Gasteiger partial charge is 0.151 e. The Hall–Kier alpha value is -3.43. The van der Waals surface area contributed by atoms with E-state index in [1.54, 1.807) is 0 Å². The zero-order valence-electron chi connectivity index (χ0n) is 21.4. The molecule has 1 fully saturated rings. The van der Waals surface area contributed by atoms with Crippen LogP contribution in [0.15, 0.2) is 42.9 Å². The van der Waals surface area contributed by atoms with Crippen LogP contribution < -0.4 is 5.32 Å². The highest BCUT2D eigenvalue weighted by atomic mass is 19.1. The van der Waals surface area contributed by atoms with Gasteiger partial charge in [0.1, 0.15) is 29.3 Å². The Bertz CT molecular complexity index is 1340. The van der Waals surface area contributed by atoms with E-state index >= 15 is 0 Å². The van der Waals surface area contributed by atoms with Gasteiger partial charge in [0.05, 0.1) is 11.2 Å². The minimum atomic E-state index is -0.355. The molecule has 5 rings (SSSR count). The van der Waals surface area contributed by atoms with Crippen LogP contribution in [-0.4, -0.2) is 67.0 Å². The second-order valence-electron chi connectivity index (χ2n) is 9.62. The van der Waals surface area contributed by atoms with Crippen LogP contribution in [0.3, 0.4) is 0 Å². The summed E-state index contributed by atoms with van der Waals surface area (Å²) >= 11 is 0. The van der Waals surface area contributed by atoms with Crippen molar-refractivity contribution in [2.24, 2.45) is 0 Å². The highest BCUT2D eigenvalue weighted by Gasteiger charge is 2.17. The number of fused-ring (bicyclic) bond motifs is 1. The van der Waals surface area contributed by atoms with Gasteiger partial charge in [-0.05, 0) is 51.1 Å². The van der Waals surface area contributed by atoms with Crippen LogP contribution >= 0.6 is 0 Å². The fraction of sp³-hybridized carbons (Fsp3) is 0.407. The van der Waals surface area contributed by atoms with E-state index in [0.29, 0.717) is 28.4 Å². The minimum Gasteiger partial charge on any atom is -0.326 e. The molecule has 1 aliphatic rings. The van der Waals surface area contributed by atoms with Crippen molar-refractivity contribution in [3.8, 4) is 11.3 Å². The Labute approximate surface area is 211 Å². The summed E-state index contributed by atoms with van der Waals surface area (Å²) in [6, 6.07) is 9.47. The van der Waals surface area contributed by atoms with Crippen molar-refractivity contribution in [1.29, 1.82) is 0 Å². The summed E-state index contributed by atoms with van der Waals surface area (Å²) in [7, 11) is 0. The van der Waals surface area contributed by atoms with Gasteiger partial charge in [-0.25, -0.2) is 24.3 Å². The molecule has 4 aromatic rings. The number of benzene rings is 1. The summed E-state index contributed by atoms with van der Waals surface area (Å²) in [6.45, 7) is 14.7. The summed E-state index contributed by atoms with van der Waals surface area (Å²) in [5.41, 5.74) is 3.65. The zero-order chi connectivity index (χ0) is 25.2. The number of imidazole rings is 1. The highest BCUT2D eigenvalue weighted by Crippen LogP contribution is 2.29. The predicted molar refractivity (Wildman–Crippen MR) is 141 cm³/mol. The van der Waals surface area contributed by atoms with E-state index < -0.39 is 0 Å². The van der Waals surface area contributed by atoms with E-state index in [4.69, 9.17) is 0 Å². The Balaban J connectivity index is 1.31. The number of nitrogens with one attached hydrogen (secondary N) is 1. The third kappa shape index (κ3) is 5.08. The molecule has 0 atom stereocenters. The van der Waals surface area contributed by atoms with E-state index in [9.17, 15) is 4.39 Å². The normalized spacial score (nSPS) is 15.2. The van der Waals surface area contributed by atoms with Gasteiger partial charge in [0.25, 0.3) is 0 Å². The first kappa shape index (κ1) is 24.3. The number of aryl methyl sites for hydroxylation is 1. The maximum atomic E-state index is 14.9. The van der Waals surface area contributed by atoms with Crippen LogP contribution in [-0.2, 0) is 6.54 Å². The standard InChI is InChI=1S/C27H33FN8/c1-5-34-8-10-35(11-9-34)16-20-6-7-25(29-15-20)33-26-14-23(30-17-31-26)21-12-22(28)27-24(13-21)36(18(2)3)19(4)32-27/h6-7,12-15,17-18H,5,8-11,16H2,1-4H3,(H,29,30,31,33). The topological polar surface area (TPSA) is 75.0 Å². The van der Waals surface area contributed by atoms with E-state index in [2.05, 4.69) is 61.9 Å². The molecule has 0 aliphatic carbocycles. The van der Waals surface area contributed by atoms with Gasteiger partial charge in [-0.2, -0.15) is 0 Å². The number of hydrogen-bond donors (Lipinski definition) is 1. The van der Waals surface area contributed by atoms with Crippen LogP contribution in [0.2, 0.25) is 0 Å². The lowest BCUT2D eigenvalue weighted by Gasteiger charge is -2.33. The second kappa shape index (κ2) is 10.3. The number of rotatable bonds is 7. The average Bonchev–Trinajstić information content (AvgIpc) is 3.22. The van der Waals surface area contributed by atoms with Gasteiger partial charge in [0.2, 0.25) is 0 Å². The fourth-order valence-electron chi connectivity index (χ4n) is 4.90. The molecular weight excluding hydrogens is 455 g/mol. The molecule has 4 heterocycles. The summed E-state index contributed by atoms with van der Waals surface area (Å²) in [6.07, 6.45) is 3.39. The third-order valence-electron chi connectivity index (χ3n) is 6.80. The van der Waals surface area contributed by atoms with Crippen molar-refractivity contribution < 1.29 is 4.39 Å². The molecule has 1 aromatic carbocycles. The molecule has 0 saturated carbocycles. The number of hydrogen-bond acceptors (Lipinski definition) is 7. The summed E-state index contributed by atoms with van der Waals surface area (Å²) < 4.78 is 17.0. The van der Waals surface area contributed by atoms with Crippen LogP contribution in [0.5, 0.6) is 0 Å². The maximum absolute atomic E-state index is 14.9. The first-order valence-electron chi connectivity index (χ1n) is 12.6. The predicted octanol–water partition coefficient (Wildman–Crippen LogP) is 4.80.